The van der Waals surface area contributed by atoms with E-state index in [-0.39, 0.29) is 17.3 Å². The number of amides is 1. The molecule has 0 spiro atoms. The fraction of sp³-hybridized carbons (Fsp3) is 0.200. The summed E-state index contributed by atoms with van der Waals surface area (Å²) in [5.41, 5.74) is 1.75. The standard InChI is InChI=1S/C15H14FNO4/c1-9-8-11(16)3-2-10(9)6-7-17-14(18)12-4-5-13(21-12)15(19)20/h2-5,8H,6-7H2,1H3,(H,17,18)(H,19,20). The number of hydrogen-bond acceptors (Lipinski definition) is 3. The number of carbonyl (C=O) groups is 2. The summed E-state index contributed by atoms with van der Waals surface area (Å²) >= 11 is 0. The normalized spacial score (nSPS) is 10.4. The first-order chi connectivity index (χ1) is 9.97. The molecule has 2 rings (SSSR count). The van der Waals surface area contributed by atoms with Crippen LogP contribution in [0, 0.1) is 12.7 Å². The van der Waals surface area contributed by atoms with Crippen LogP contribution in [0.4, 0.5) is 4.39 Å². The molecule has 0 unspecified atom stereocenters. The Kier molecular flexibility index (Phi) is 4.37. The van der Waals surface area contributed by atoms with Gasteiger partial charge in [-0.05, 0) is 48.7 Å². The maximum atomic E-state index is 13.0. The van der Waals surface area contributed by atoms with Gasteiger partial charge in [-0.3, -0.25) is 4.79 Å². The molecule has 0 fully saturated rings. The molecule has 0 bridgehead atoms. The van der Waals surface area contributed by atoms with Gasteiger partial charge in [-0.1, -0.05) is 6.07 Å². The molecule has 0 saturated heterocycles. The Morgan fingerprint density at radius 3 is 2.57 bits per heavy atom. The lowest BCUT2D eigenvalue weighted by Crippen LogP contribution is -2.25. The Morgan fingerprint density at radius 2 is 1.95 bits per heavy atom. The quantitative estimate of drug-likeness (QED) is 0.886. The van der Waals surface area contributed by atoms with Gasteiger partial charge in [-0.2, -0.15) is 0 Å². The Balaban J connectivity index is 1.90. The van der Waals surface area contributed by atoms with Gasteiger partial charge in [-0.15, -0.1) is 0 Å². The topological polar surface area (TPSA) is 79.5 Å². The van der Waals surface area contributed by atoms with Crippen molar-refractivity contribution in [1.82, 2.24) is 5.32 Å². The number of carboxylic acids is 1. The maximum absolute atomic E-state index is 13.0. The number of carboxylic acid groups (broad SMARTS) is 1. The van der Waals surface area contributed by atoms with E-state index in [1.54, 1.807) is 13.0 Å². The molecular formula is C15H14FNO4. The van der Waals surface area contributed by atoms with E-state index in [1.807, 2.05) is 0 Å². The van der Waals surface area contributed by atoms with Crippen LogP contribution in [-0.4, -0.2) is 23.5 Å². The van der Waals surface area contributed by atoms with E-state index in [4.69, 9.17) is 9.52 Å². The number of aromatic carboxylic acids is 1. The van der Waals surface area contributed by atoms with Crippen molar-refractivity contribution in [2.75, 3.05) is 6.54 Å². The molecular weight excluding hydrogens is 277 g/mol. The summed E-state index contributed by atoms with van der Waals surface area (Å²) in [6.07, 6.45) is 0.546. The van der Waals surface area contributed by atoms with Crippen LogP contribution in [0.25, 0.3) is 0 Å². The van der Waals surface area contributed by atoms with Crippen LogP contribution in [0.2, 0.25) is 0 Å². The first kappa shape index (κ1) is 14.8. The zero-order chi connectivity index (χ0) is 15.4. The Morgan fingerprint density at radius 1 is 1.24 bits per heavy atom. The van der Waals surface area contributed by atoms with Crippen molar-refractivity contribution in [2.45, 2.75) is 13.3 Å². The van der Waals surface area contributed by atoms with Crippen molar-refractivity contribution < 1.29 is 23.5 Å². The summed E-state index contributed by atoms with van der Waals surface area (Å²) in [5.74, 6) is -2.34. The third-order valence-corrected chi connectivity index (χ3v) is 3.03. The molecule has 5 nitrogen and oxygen atoms in total. The summed E-state index contributed by atoms with van der Waals surface area (Å²) in [5, 5.41) is 11.3. The van der Waals surface area contributed by atoms with Crippen molar-refractivity contribution in [3.05, 3.63) is 58.8 Å². The lowest BCUT2D eigenvalue weighted by Gasteiger charge is -2.06. The maximum Gasteiger partial charge on any atom is 0.371 e. The fourth-order valence-corrected chi connectivity index (χ4v) is 1.91. The minimum atomic E-state index is -1.23. The highest BCUT2D eigenvalue weighted by molar-refractivity contribution is 5.93. The summed E-state index contributed by atoms with van der Waals surface area (Å²) in [6, 6.07) is 7.01. The van der Waals surface area contributed by atoms with E-state index in [9.17, 15) is 14.0 Å². The van der Waals surface area contributed by atoms with Crippen LogP contribution in [-0.2, 0) is 6.42 Å². The van der Waals surface area contributed by atoms with Gasteiger partial charge in [0.05, 0.1) is 0 Å². The highest BCUT2D eigenvalue weighted by Gasteiger charge is 2.14. The van der Waals surface area contributed by atoms with E-state index in [1.165, 1.54) is 24.3 Å². The molecule has 0 atom stereocenters. The number of aryl methyl sites for hydroxylation is 1. The summed E-state index contributed by atoms with van der Waals surface area (Å²) in [6.45, 7) is 2.14. The second-order valence-electron chi connectivity index (χ2n) is 4.55. The summed E-state index contributed by atoms with van der Waals surface area (Å²) < 4.78 is 17.8. The third kappa shape index (κ3) is 3.68. The number of furan rings is 1. The van der Waals surface area contributed by atoms with Gasteiger partial charge in [-0.25, -0.2) is 9.18 Å². The smallest absolute Gasteiger partial charge is 0.371 e. The number of rotatable bonds is 5. The van der Waals surface area contributed by atoms with Crippen molar-refractivity contribution >= 4 is 11.9 Å². The van der Waals surface area contributed by atoms with Crippen LogP contribution in [0.3, 0.4) is 0 Å². The van der Waals surface area contributed by atoms with Crippen molar-refractivity contribution in [3.63, 3.8) is 0 Å². The predicted octanol–water partition coefficient (Wildman–Crippen LogP) is 2.40. The Labute approximate surface area is 120 Å². The number of benzene rings is 1. The zero-order valence-electron chi connectivity index (χ0n) is 11.4. The van der Waals surface area contributed by atoms with Crippen molar-refractivity contribution in [3.8, 4) is 0 Å². The van der Waals surface area contributed by atoms with Gasteiger partial charge in [0, 0.05) is 6.54 Å². The van der Waals surface area contributed by atoms with E-state index >= 15 is 0 Å². The van der Waals surface area contributed by atoms with Crippen LogP contribution in [0.1, 0.15) is 32.2 Å². The zero-order valence-corrected chi connectivity index (χ0v) is 11.4. The van der Waals surface area contributed by atoms with Crippen LogP contribution >= 0.6 is 0 Å². The highest BCUT2D eigenvalue weighted by atomic mass is 19.1. The Bertz CT molecular complexity index is 678. The molecule has 2 aromatic rings. The minimum absolute atomic E-state index is 0.0526. The van der Waals surface area contributed by atoms with Crippen molar-refractivity contribution in [1.29, 1.82) is 0 Å². The first-order valence-electron chi connectivity index (χ1n) is 6.33. The second-order valence-corrected chi connectivity index (χ2v) is 4.55. The van der Waals surface area contributed by atoms with Gasteiger partial charge in [0.2, 0.25) is 5.76 Å². The number of halogens is 1. The average Bonchev–Trinajstić information content (AvgIpc) is 2.91. The van der Waals surface area contributed by atoms with Gasteiger partial charge < -0.3 is 14.8 Å². The fourth-order valence-electron chi connectivity index (χ4n) is 1.91. The molecule has 6 heteroatoms. The molecule has 21 heavy (non-hydrogen) atoms. The van der Waals surface area contributed by atoms with Crippen LogP contribution < -0.4 is 5.32 Å². The second kappa shape index (κ2) is 6.21. The van der Waals surface area contributed by atoms with Gasteiger partial charge in [0.1, 0.15) is 5.82 Å². The average molecular weight is 291 g/mol. The number of carbonyl (C=O) groups excluding carboxylic acids is 1. The van der Waals surface area contributed by atoms with Gasteiger partial charge in [0.15, 0.2) is 5.76 Å². The molecule has 110 valence electrons. The lowest BCUT2D eigenvalue weighted by atomic mass is 10.1. The number of hydrogen-bond donors (Lipinski definition) is 2. The highest BCUT2D eigenvalue weighted by Crippen LogP contribution is 2.11. The van der Waals surface area contributed by atoms with Crippen molar-refractivity contribution in [2.24, 2.45) is 0 Å². The first-order valence-corrected chi connectivity index (χ1v) is 6.33. The molecule has 0 saturated carbocycles. The van der Waals surface area contributed by atoms with E-state index in [0.29, 0.717) is 13.0 Å². The van der Waals surface area contributed by atoms with E-state index < -0.39 is 11.9 Å². The molecule has 0 radical (unpaired) electrons. The molecule has 0 aliphatic carbocycles. The SMILES string of the molecule is Cc1cc(F)ccc1CCNC(=O)c1ccc(C(=O)O)o1. The number of nitrogens with one attached hydrogen (secondary N) is 1. The third-order valence-electron chi connectivity index (χ3n) is 3.03. The van der Waals surface area contributed by atoms with E-state index in [2.05, 4.69) is 5.32 Å². The van der Waals surface area contributed by atoms with Crippen LogP contribution in [0.15, 0.2) is 34.7 Å². The van der Waals surface area contributed by atoms with Gasteiger partial charge >= 0.3 is 5.97 Å². The predicted molar refractivity (Wildman–Crippen MR) is 72.8 cm³/mol. The van der Waals surface area contributed by atoms with Gasteiger partial charge in [0.25, 0.3) is 5.91 Å². The summed E-state index contributed by atoms with van der Waals surface area (Å²) in [4.78, 5) is 22.4. The minimum Gasteiger partial charge on any atom is -0.475 e. The largest absolute Gasteiger partial charge is 0.475 e. The van der Waals surface area contributed by atoms with E-state index in [0.717, 1.165) is 11.1 Å². The molecule has 1 aromatic heterocycles. The molecule has 1 aromatic carbocycles. The summed E-state index contributed by atoms with van der Waals surface area (Å²) in [7, 11) is 0. The molecule has 2 N–H and O–H groups in total. The molecule has 0 aliphatic rings. The monoisotopic (exact) mass is 291 g/mol. The molecule has 0 aliphatic heterocycles. The lowest BCUT2D eigenvalue weighted by molar-refractivity contribution is 0.0659. The molecule has 1 heterocycles. The Hall–Kier alpha value is -2.63. The van der Waals surface area contributed by atoms with Crippen LogP contribution in [0.5, 0.6) is 0 Å². The molecule has 1 amide bonds.